The van der Waals surface area contributed by atoms with Crippen molar-refractivity contribution in [1.82, 2.24) is 0 Å². The summed E-state index contributed by atoms with van der Waals surface area (Å²) in [5.41, 5.74) is 0. The first kappa shape index (κ1) is 9.81. The summed E-state index contributed by atoms with van der Waals surface area (Å²) in [6.07, 6.45) is 2.67. The standard InChI is InChI=1S/C8H13ClO3/c9-5-8(11)12-7-4-2-1-3-6(7)10/h6-7,10H,1-5H2/t6-,7-/m0/s1. The predicted octanol–water partition coefficient (Wildman–Crippen LogP) is 1.07. The summed E-state index contributed by atoms with van der Waals surface area (Å²) in [4.78, 5) is 10.8. The lowest BCUT2D eigenvalue weighted by atomic mass is 9.95. The zero-order chi connectivity index (χ0) is 8.97. The van der Waals surface area contributed by atoms with E-state index in [2.05, 4.69) is 0 Å². The molecule has 1 aliphatic carbocycles. The van der Waals surface area contributed by atoms with Gasteiger partial charge in [-0.1, -0.05) is 6.42 Å². The van der Waals surface area contributed by atoms with Gasteiger partial charge in [-0.15, -0.1) is 11.6 Å². The molecule has 0 unspecified atom stereocenters. The molecule has 3 nitrogen and oxygen atoms in total. The van der Waals surface area contributed by atoms with Crippen LogP contribution in [-0.4, -0.2) is 29.2 Å². The van der Waals surface area contributed by atoms with Crippen molar-refractivity contribution in [2.75, 3.05) is 5.88 Å². The van der Waals surface area contributed by atoms with E-state index < -0.39 is 12.1 Å². The zero-order valence-electron chi connectivity index (χ0n) is 6.83. The molecule has 0 aromatic carbocycles. The Labute approximate surface area is 76.7 Å². The molecule has 1 N–H and O–H groups in total. The highest BCUT2D eigenvalue weighted by Gasteiger charge is 2.25. The molecule has 1 rings (SSSR count). The third-order valence-corrected chi connectivity index (χ3v) is 2.28. The summed E-state index contributed by atoms with van der Waals surface area (Å²) >= 11 is 5.26. The van der Waals surface area contributed by atoms with Gasteiger partial charge in [0.1, 0.15) is 12.0 Å². The second-order valence-corrected chi connectivity index (χ2v) is 3.28. The Morgan fingerprint density at radius 1 is 1.50 bits per heavy atom. The number of hydrogen-bond donors (Lipinski definition) is 1. The van der Waals surface area contributed by atoms with Crippen LogP contribution in [-0.2, 0) is 9.53 Å². The predicted molar refractivity (Wildman–Crippen MR) is 45.1 cm³/mol. The SMILES string of the molecule is O=C(CCl)O[C@H]1CCCC[C@@H]1O. The number of carbonyl (C=O) groups is 1. The van der Waals surface area contributed by atoms with E-state index in [9.17, 15) is 9.90 Å². The molecule has 0 aromatic heterocycles. The van der Waals surface area contributed by atoms with Crippen molar-refractivity contribution in [3.63, 3.8) is 0 Å². The lowest BCUT2D eigenvalue weighted by Crippen LogP contribution is -2.34. The van der Waals surface area contributed by atoms with Crippen molar-refractivity contribution < 1.29 is 14.6 Å². The van der Waals surface area contributed by atoms with Crippen LogP contribution in [0.15, 0.2) is 0 Å². The molecule has 0 amide bonds. The summed E-state index contributed by atoms with van der Waals surface area (Å²) in [5.74, 6) is -0.578. The van der Waals surface area contributed by atoms with Gasteiger partial charge in [-0.05, 0) is 19.3 Å². The summed E-state index contributed by atoms with van der Waals surface area (Å²) < 4.78 is 4.93. The van der Waals surface area contributed by atoms with Gasteiger partial charge in [0.25, 0.3) is 0 Å². The largest absolute Gasteiger partial charge is 0.459 e. The number of halogens is 1. The van der Waals surface area contributed by atoms with Crippen LogP contribution >= 0.6 is 11.6 Å². The van der Waals surface area contributed by atoms with Crippen molar-refractivity contribution in [2.45, 2.75) is 37.9 Å². The number of esters is 1. The van der Waals surface area contributed by atoms with E-state index in [1.165, 1.54) is 0 Å². The Kier molecular flexibility index (Phi) is 3.82. The fourth-order valence-corrected chi connectivity index (χ4v) is 1.48. The number of aliphatic hydroxyl groups is 1. The van der Waals surface area contributed by atoms with Gasteiger partial charge in [-0.25, -0.2) is 0 Å². The van der Waals surface area contributed by atoms with Crippen molar-refractivity contribution in [1.29, 1.82) is 0 Å². The Morgan fingerprint density at radius 2 is 2.17 bits per heavy atom. The summed E-state index contributed by atoms with van der Waals surface area (Å²) in [7, 11) is 0. The topological polar surface area (TPSA) is 46.5 Å². The quantitative estimate of drug-likeness (QED) is 0.526. The summed E-state index contributed by atoms with van der Waals surface area (Å²) in [6.45, 7) is 0. The van der Waals surface area contributed by atoms with Crippen molar-refractivity contribution in [3.05, 3.63) is 0 Å². The highest BCUT2D eigenvalue weighted by molar-refractivity contribution is 6.26. The van der Waals surface area contributed by atoms with Crippen LogP contribution in [0.4, 0.5) is 0 Å². The number of hydrogen-bond acceptors (Lipinski definition) is 3. The van der Waals surface area contributed by atoms with Crippen LogP contribution in [0.25, 0.3) is 0 Å². The van der Waals surface area contributed by atoms with E-state index in [0.717, 1.165) is 25.7 Å². The molecule has 0 heterocycles. The molecule has 0 saturated heterocycles. The maximum atomic E-state index is 10.8. The molecule has 0 radical (unpaired) electrons. The van der Waals surface area contributed by atoms with Crippen LogP contribution in [0.3, 0.4) is 0 Å². The first-order chi connectivity index (χ1) is 5.74. The van der Waals surface area contributed by atoms with E-state index in [1.54, 1.807) is 0 Å². The fourth-order valence-electron chi connectivity index (χ4n) is 1.42. The van der Waals surface area contributed by atoms with Crippen LogP contribution in [0.1, 0.15) is 25.7 Å². The van der Waals surface area contributed by atoms with Gasteiger partial charge in [0, 0.05) is 0 Å². The maximum absolute atomic E-state index is 10.8. The van der Waals surface area contributed by atoms with Gasteiger partial charge < -0.3 is 9.84 Å². The molecule has 0 spiro atoms. The molecule has 70 valence electrons. The molecule has 1 aliphatic rings. The number of carbonyl (C=O) groups excluding carboxylic acids is 1. The Bertz CT molecular complexity index is 160. The van der Waals surface area contributed by atoms with Gasteiger partial charge in [0.05, 0.1) is 6.10 Å². The van der Waals surface area contributed by atoms with Crippen molar-refractivity contribution in [2.24, 2.45) is 0 Å². The minimum Gasteiger partial charge on any atom is -0.459 e. The normalized spacial score (nSPS) is 29.8. The number of rotatable bonds is 2. The number of alkyl halides is 1. The highest BCUT2D eigenvalue weighted by Crippen LogP contribution is 2.21. The molecule has 0 aromatic rings. The van der Waals surface area contributed by atoms with Crippen LogP contribution in [0.2, 0.25) is 0 Å². The Balaban J connectivity index is 2.33. The van der Waals surface area contributed by atoms with E-state index in [-0.39, 0.29) is 12.0 Å². The molecule has 0 aliphatic heterocycles. The average Bonchev–Trinajstić information content (AvgIpc) is 2.09. The van der Waals surface area contributed by atoms with E-state index >= 15 is 0 Å². The molecule has 0 bridgehead atoms. The van der Waals surface area contributed by atoms with Gasteiger partial charge in [0.15, 0.2) is 0 Å². The van der Waals surface area contributed by atoms with E-state index in [4.69, 9.17) is 16.3 Å². The molecule has 1 fully saturated rings. The Hall–Kier alpha value is -0.280. The maximum Gasteiger partial charge on any atom is 0.321 e. The van der Waals surface area contributed by atoms with Gasteiger partial charge >= 0.3 is 5.97 Å². The highest BCUT2D eigenvalue weighted by atomic mass is 35.5. The van der Waals surface area contributed by atoms with Crippen LogP contribution in [0, 0.1) is 0 Å². The second kappa shape index (κ2) is 4.67. The van der Waals surface area contributed by atoms with E-state index in [1.807, 2.05) is 0 Å². The molecule has 4 heteroatoms. The van der Waals surface area contributed by atoms with Crippen molar-refractivity contribution in [3.8, 4) is 0 Å². The average molecular weight is 193 g/mol. The Morgan fingerprint density at radius 3 is 2.75 bits per heavy atom. The molecule has 12 heavy (non-hydrogen) atoms. The fraction of sp³-hybridized carbons (Fsp3) is 0.875. The number of aliphatic hydroxyl groups excluding tert-OH is 1. The molecule has 2 atom stereocenters. The van der Waals surface area contributed by atoms with E-state index in [0.29, 0.717) is 0 Å². The summed E-state index contributed by atoms with van der Waals surface area (Å²) in [5, 5.41) is 9.39. The second-order valence-electron chi connectivity index (χ2n) is 3.01. The van der Waals surface area contributed by atoms with Crippen molar-refractivity contribution >= 4 is 17.6 Å². The summed E-state index contributed by atoms with van der Waals surface area (Å²) in [6, 6.07) is 0. The molecular formula is C8H13ClO3. The van der Waals surface area contributed by atoms with Gasteiger partial charge in [-0.2, -0.15) is 0 Å². The van der Waals surface area contributed by atoms with Gasteiger partial charge in [-0.3, -0.25) is 4.79 Å². The smallest absolute Gasteiger partial charge is 0.321 e. The number of ether oxygens (including phenoxy) is 1. The first-order valence-electron chi connectivity index (χ1n) is 4.17. The monoisotopic (exact) mass is 192 g/mol. The van der Waals surface area contributed by atoms with Gasteiger partial charge in [0.2, 0.25) is 0 Å². The molecular weight excluding hydrogens is 180 g/mol. The third kappa shape index (κ3) is 2.64. The lowest BCUT2D eigenvalue weighted by molar-refractivity contribution is -0.154. The minimum atomic E-state index is -0.495. The minimum absolute atomic E-state index is 0.136. The molecule has 1 saturated carbocycles. The lowest BCUT2D eigenvalue weighted by Gasteiger charge is -2.26. The van der Waals surface area contributed by atoms with Crippen LogP contribution in [0.5, 0.6) is 0 Å². The van der Waals surface area contributed by atoms with Crippen LogP contribution < -0.4 is 0 Å². The third-order valence-electron chi connectivity index (χ3n) is 2.06. The first-order valence-corrected chi connectivity index (χ1v) is 4.71. The zero-order valence-corrected chi connectivity index (χ0v) is 7.59.